The number of aliphatic imine (C=N–C) groups is 1. The maximum Gasteiger partial charge on any atom is 0.331 e. The van der Waals surface area contributed by atoms with Crippen LogP contribution in [0.4, 0.5) is 0 Å². The first-order valence-electron chi connectivity index (χ1n) is 7.43. The summed E-state index contributed by atoms with van der Waals surface area (Å²) in [5.41, 5.74) is 3.00. The van der Waals surface area contributed by atoms with Gasteiger partial charge in [0.25, 0.3) is 0 Å². The average Bonchev–Trinajstić information content (AvgIpc) is 2.84. The van der Waals surface area contributed by atoms with Gasteiger partial charge in [-0.05, 0) is 32.4 Å². The Labute approximate surface area is 129 Å². The Morgan fingerprint density at radius 2 is 2.09 bits per heavy atom. The van der Waals surface area contributed by atoms with Crippen molar-refractivity contribution in [3.05, 3.63) is 35.5 Å². The summed E-state index contributed by atoms with van der Waals surface area (Å²) >= 11 is 0. The van der Waals surface area contributed by atoms with Crippen LogP contribution in [-0.4, -0.2) is 35.5 Å². The van der Waals surface area contributed by atoms with Crippen LogP contribution >= 0.6 is 0 Å². The number of aromatic amines is 1. The van der Waals surface area contributed by atoms with Crippen LogP contribution in [-0.2, 0) is 16.0 Å². The highest BCUT2D eigenvalue weighted by Crippen LogP contribution is 2.28. The van der Waals surface area contributed by atoms with Crippen LogP contribution < -0.4 is 5.32 Å². The lowest BCUT2D eigenvalue weighted by atomic mass is 9.98. The van der Waals surface area contributed by atoms with E-state index in [4.69, 9.17) is 4.74 Å². The van der Waals surface area contributed by atoms with Crippen molar-refractivity contribution in [2.75, 3.05) is 7.11 Å². The van der Waals surface area contributed by atoms with Crippen molar-refractivity contribution in [3.8, 4) is 0 Å². The van der Waals surface area contributed by atoms with Crippen molar-refractivity contribution in [3.63, 3.8) is 0 Å². The van der Waals surface area contributed by atoms with Crippen molar-refractivity contribution in [1.29, 1.82) is 0 Å². The number of aromatic nitrogens is 1. The molecular formula is C17H21N3O2. The quantitative estimate of drug-likeness (QED) is 0.795. The van der Waals surface area contributed by atoms with Gasteiger partial charge in [0, 0.05) is 22.9 Å². The molecule has 5 nitrogen and oxygen atoms in total. The van der Waals surface area contributed by atoms with Gasteiger partial charge in [0.2, 0.25) is 0 Å². The molecule has 116 valence electrons. The zero-order valence-electron chi connectivity index (χ0n) is 13.4. The van der Waals surface area contributed by atoms with Gasteiger partial charge >= 0.3 is 5.97 Å². The summed E-state index contributed by atoms with van der Waals surface area (Å²) in [5, 5.41) is 4.53. The van der Waals surface area contributed by atoms with Crippen molar-refractivity contribution in [1.82, 2.24) is 10.3 Å². The van der Waals surface area contributed by atoms with Crippen LogP contribution in [0.1, 0.15) is 32.0 Å². The molecule has 0 radical (unpaired) electrons. The highest BCUT2D eigenvalue weighted by molar-refractivity contribution is 6.06. The molecule has 5 heteroatoms. The number of hydrogen-bond acceptors (Lipinski definition) is 4. The van der Waals surface area contributed by atoms with Crippen molar-refractivity contribution in [2.45, 2.75) is 38.8 Å². The molecule has 2 N–H and O–H groups in total. The smallest absolute Gasteiger partial charge is 0.331 e. The van der Waals surface area contributed by atoms with E-state index >= 15 is 0 Å². The summed E-state index contributed by atoms with van der Waals surface area (Å²) < 4.78 is 4.89. The Morgan fingerprint density at radius 1 is 1.36 bits per heavy atom. The van der Waals surface area contributed by atoms with Gasteiger partial charge in [0.1, 0.15) is 5.84 Å². The van der Waals surface area contributed by atoms with Gasteiger partial charge in [-0.15, -0.1) is 0 Å². The molecule has 3 rings (SSSR count). The molecule has 0 saturated carbocycles. The van der Waals surface area contributed by atoms with Gasteiger partial charge in [0.15, 0.2) is 6.04 Å². The predicted octanol–water partition coefficient (Wildman–Crippen LogP) is 2.40. The lowest BCUT2D eigenvalue weighted by molar-refractivity contribution is -0.142. The Kier molecular flexibility index (Phi) is 3.43. The fraction of sp³-hybridized carbons (Fsp3) is 0.412. The molecule has 22 heavy (non-hydrogen) atoms. The van der Waals surface area contributed by atoms with Gasteiger partial charge < -0.3 is 15.0 Å². The molecule has 2 heterocycles. The van der Waals surface area contributed by atoms with Crippen LogP contribution in [0.2, 0.25) is 0 Å². The molecule has 0 unspecified atom stereocenters. The Morgan fingerprint density at radius 3 is 2.77 bits per heavy atom. The number of carbonyl (C=O) groups excluding carboxylic acids is 1. The summed E-state index contributed by atoms with van der Waals surface area (Å²) in [5.74, 6) is 0.421. The second-order valence-electron chi connectivity index (χ2n) is 6.62. The minimum absolute atomic E-state index is 0.147. The molecule has 1 aromatic heterocycles. The minimum Gasteiger partial charge on any atom is -0.467 e. The van der Waals surface area contributed by atoms with Crippen molar-refractivity contribution < 1.29 is 9.53 Å². The number of esters is 1. The monoisotopic (exact) mass is 299 g/mol. The summed E-state index contributed by atoms with van der Waals surface area (Å²) in [7, 11) is 1.40. The van der Waals surface area contributed by atoms with Crippen molar-refractivity contribution >= 4 is 22.7 Å². The number of hydrogen-bond donors (Lipinski definition) is 2. The van der Waals surface area contributed by atoms with E-state index in [0.717, 1.165) is 28.0 Å². The largest absolute Gasteiger partial charge is 0.467 e. The first-order valence-corrected chi connectivity index (χ1v) is 7.43. The van der Waals surface area contributed by atoms with Crippen molar-refractivity contribution in [2.24, 2.45) is 4.99 Å². The third-order valence-electron chi connectivity index (χ3n) is 3.70. The van der Waals surface area contributed by atoms with E-state index in [1.54, 1.807) is 0 Å². The third-order valence-corrected chi connectivity index (χ3v) is 3.70. The number of nitrogens with zero attached hydrogens (tertiary/aromatic N) is 1. The van der Waals surface area contributed by atoms with E-state index in [1.165, 1.54) is 7.11 Å². The topological polar surface area (TPSA) is 66.5 Å². The number of rotatable bonds is 1. The normalized spacial score (nSPS) is 17.8. The number of ether oxygens (including phenoxy) is 1. The van der Waals surface area contributed by atoms with Crippen LogP contribution in [0.5, 0.6) is 0 Å². The van der Waals surface area contributed by atoms with Gasteiger partial charge in [-0.3, -0.25) is 4.99 Å². The number of methoxy groups -OCH3 is 1. The van der Waals surface area contributed by atoms with Crippen LogP contribution in [0.3, 0.4) is 0 Å². The van der Waals surface area contributed by atoms with Crippen LogP contribution in [0.25, 0.3) is 10.9 Å². The van der Waals surface area contributed by atoms with E-state index < -0.39 is 6.04 Å². The van der Waals surface area contributed by atoms with Crippen LogP contribution in [0.15, 0.2) is 29.3 Å². The fourth-order valence-electron chi connectivity index (χ4n) is 2.80. The second kappa shape index (κ2) is 5.16. The number of benzene rings is 1. The Balaban J connectivity index is 2.13. The second-order valence-corrected chi connectivity index (χ2v) is 6.62. The number of H-pyrrole nitrogens is 1. The molecule has 0 amide bonds. The van der Waals surface area contributed by atoms with E-state index in [1.807, 2.05) is 18.2 Å². The number of carbonyl (C=O) groups is 1. The molecule has 1 aromatic carbocycles. The molecule has 0 saturated heterocycles. The SMILES string of the molecule is COC(=O)[C@@H]1Cc2c([nH]c3ccccc23)C(NC(C)(C)C)=N1. The molecule has 0 bridgehead atoms. The predicted molar refractivity (Wildman–Crippen MR) is 87.2 cm³/mol. The third kappa shape index (κ3) is 2.58. The van der Waals surface area contributed by atoms with Gasteiger partial charge in [0.05, 0.1) is 12.8 Å². The maximum absolute atomic E-state index is 12.0. The standard InChI is InChI=1S/C17H21N3O2/c1-17(2,3)20-15-14-11(9-13(19-15)16(21)22-4)10-7-5-6-8-12(10)18-14/h5-8,13,18H,9H2,1-4H3,(H,19,20)/t13-/m0/s1. The number of fused-ring (bicyclic) bond motifs is 3. The fourth-order valence-corrected chi connectivity index (χ4v) is 2.80. The number of amidine groups is 1. The van der Waals surface area contributed by atoms with E-state index in [0.29, 0.717) is 6.42 Å². The minimum atomic E-state index is -0.499. The lowest BCUT2D eigenvalue weighted by Crippen LogP contribution is -2.44. The summed E-state index contributed by atoms with van der Waals surface area (Å²) in [6.07, 6.45) is 0.557. The van der Waals surface area contributed by atoms with E-state index in [-0.39, 0.29) is 11.5 Å². The Hall–Kier alpha value is -2.30. The molecular weight excluding hydrogens is 278 g/mol. The highest BCUT2D eigenvalue weighted by atomic mass is 16.5. The zero-order chi connectivity index (χ0) is 15.9. The molecule has 0 fully saturated rings. The average molecular weight is 299 g/mol. The maximum atomic E-state index is 12.0. The molecule has 0 aliphatic carbocycles. The van der Waals surface area contributed by atoms with Gasteiger partial charge in [-0.25, -0.2) is 4.79 Å². The zero-order valence-corrected chi connectivity index (χ0v) is 13.4. The van der Waals surface area contributed by atoms with Crippen LogP contribution in [0, 0.1) is 0 Å². The Bertz CT molecular complexity index is 753. The van der Waals surface area contributed by atoms with E-state index in [9.17, 15) is 4.79 Å². The number of para-hydroxylation sites is 1. The van der Waals surface area contributed by atoms with Gasteiger partial charge in [-0.2, -0.15) is 0 Å². The summed E-state index contributed by atoms with van der Waals surface area (Å²) in [6.45, 7) is 6.21. The highest BCUT2D eigenvalue weighted by Gasteiger charge is 2.31. The summed E-state index contributed by atoms with van der Waals surface area (Å²) in [4.78, 5) is 20.0. The molecule has 2 aromatic rings. The number of nitrogens with one attached hydrogen (secondary N) is 2. The first kappa shape index (κ1) is 14.6. The molecule has 1 atom stereocenters. The molecule has 1 aliphatic rings. The van der Waals surface area contributed by atoms with E-state index in [2.05, 4.69) is 42.1 Å². The lowest BCUT2D eigenvalue weighted by Gasteiger charge is -2.27. The summed E-state index contributed by atoms with van der Waals surface area (Å²) in [6, 6.07) is 7.61. The molecule has 0 spiro atoms. The first-order chi connectivity index (χ1) is 10.4. The molecule has 1 aliphatic heterocycles. The van der Waals surface area contributed by atoms with Gasteiger partial charge in [-0.1, -0.05) is 18.2 Å².